The van der Waals surface area contributed by atoms with Crippen LogP contribution in [0.15, 0.2) is 36.4 Å². The zero-order chi connectivity index (χ0) is 32.5. The molecule has 1 fully saturated rings. The van der Waals surface area contributed by atoms with Gasteiger partial charge >= 0.3 is 5.97 Å². The van der Waals surface area contributed by atoms with Crippen LogP contribution in [0.2, 0.25) is 0 Å². The Morgan fingerprint density at radius 2 is 1.84 bits per heavy atom. The number of amides is 3. The van der Waals surface area contributed by atoms with Crippen molar-refractivity contribution in [2.24, 2.45) is 5.92 Å². The van der Waals surface area contributed by atoms with E-state index in [1.807, 2.05) is 61.2 Å². The number of cyclic esters (lactones) is 1. The van der Waals surface area contributed by atoms with Gasteiger partial charge in [0.2, 0.25) is 11.8 Å². The fourth-order valence-electron chi connectivity index (χ4n) is 5.40. The maximum absolute atomic E-state index is 13.3. The molecule has 4 atom stereocenters. The van der Waals surface area contributed by atoms with E-state index in [2.05, 4.69) is 22.1 Å². The number of carbonyl (C=O) groups excluding carboxylic acids is 4. The number of hydrogen-bond acceptors (Lipinski definition) is 9. The number of nitriles is 1. The van der Waals surface area contributed by atoms with E-state index in [1.165, 1.54) is 5.01 Å². The Morgan fingerprint density at radius 1 is 1.07 bits per heavy atom. The van der Waals surface area contributed by atoms with Crippen LogP contribution in [0.1, 0.15) is 70.7 Å². The number of hydrogen-bond donors (Lipinski definition) is 3. The van der Waals surface area contributed by atoms with Gasteiger partial charge in [-0.15, -0.1) is 0 Å². The second-order valence-corrected chi connectivity index (χ2v) is 12.0. The third-order valence-corrected chi connectivity index (χ3v) is 8.05. The normalized spacial score (nSPS) is 25.6. The summed E-state index contributed by atoms with van der Waals surface area (Å²) in [5.74, 6) is -1.92. The fraction of sp³-hybridized carbons (Fsp3) is 0.515. The Hall–Kier alpha value is -4.34. The molecule has 0 spiro atoms. The lowest BCUT2D eigenvalue weighted by Crippen LogP contribution is -2.61. The molecule has 45 heavy (non-hydrogen) atoms. The van der Waals surface area contributed by atoms with Crippen molar-refractivity contribution in [2.45, 2.75) is 77.6 Å². The van der Waals surface area contributed by atoms with Crippen LogP contribution in [0, 0.1) is 17.2 Å². The first-order valence-corrected chi connectivity index (χ1v) is 15.6. The number of nitrogens with one attached hydrogen (secondary N) is 3. The third kappa shape index (κ3) is 9.09. The highest BCUT2D eigenvalue weighted by molar-refractivity contribution is 5.92. The number of esters is 1. The Morgan fingerprint density at radius 3 is 2.60 bits per heavy atom. The number of ether oxygens (including phenoxy) is 1. The van der Waals surface area contributed by atoms with E-state index >= 15 is 0 Å². The van der Waals surface area contributed by atoms with Crippen LogP contribution in [0.4, 0.5) is 0 Å². The van der Waals surface area contributed by atoms with Gasteiger partial charge in [-0.05, 0) is 56.7 Å². The number of fused-ring (bicyclic) bond motifs is 4. The summed E-state index contributed by atoms with van der Waals surface area (Å²) in [4.78, 5) is 59.1. The molecule has 1 aromatic heterocycles. The fourth-order valence-corrected chi connectivity index (χ4v) is 5.40. The summed E-state index contributed by atoms with van der Waals surface area (Å²) in [7, 11) is 0. The van der Waals surface area contributed by atoms with Gasteiger partial charge in [-0.1, -0.05) is 44.2 Å². The van der Waals surface area contributed by atoms with Gasteiger partial charge in [0.1, 0.15) is 24.2 Å². The average molecular weight is 618 g/mol. The molecular weight excluding hydrogens is 574 g/mol. The number of aromatic nitrogens is 1. The molecule has 240 valence electrons. The van der Waals surface area contributed by atoms with Crippen molar-refractivity contribution in [1.82, 2.24) is 31.0 Å². The molecule has 0 unspecified atom stereocenters. The van der Waals surface area contributed by atoms with Gasteiger partial charge in [-0.25, -0.2) is 10.4 Å². The SMILES string of the molecule is CC(C)[C@@H]1NC(=O)CCN(CC#N)CC/C=C/c2ccc3ccc(nc3c2)[C@@H](C)OC(=O)[C@@H]2CCCN(N2)C(=O)[C@H](C)NC1=O. The molecule has 1 saturated heterocycles. The van der Waals surface area contributed by atoms with Crippen LogP contribution in [-0.4, -0.2) is 82.9 Å². The molecule has 3 amide bonds. The van der Waals surface area contributed by atoms with Crippen molar-refractivity contribution in [1.29, 1.82) is 5.26 Å². The van der Waals surface area contributed by atoms with E-state index in [1.54, 1.807) is 13.8 Å². The van der Waals surface area contributed by atoms with Crippen molar-refractivity contribution < 1.29 is 23.9 Å². The van der Waals surface area contributed by atoms with Gasteiger partial charge < -0.3 is 15.4 Å². The molecule has 2 aromatic rings. The minimum atomic E-state index is -0.905. The second-order valence-electron chi connectivity index (χ2n) is 12.0. The van der Waals surface area contributed by atoms with E-state index < -0.39 is 42.0 Å². The Labute approximate surface area is 264 Å². The molecule has 2 aliphatic rings. The molecular formula is C33H43N7O5. The Bertz CT molecular complexity index is 1470. The molecule has 4 rings (SSSR count). The number of nitrogens with zero attached hydrogens (tertiary/aromatic N) is 4. The summed E-state index contributed by atoms with van der Waals surface area (Å²) in [6, 6.07) is 9.40. The zero-order valence-corrected chi connectivity index (χ0v) is 26.4. The maximum Gasteiger partial charge on any atom is 0.325 e. The topological polar surface area (TPSA) is 157 Å². The van der Waals surface area contributed by atoms with Crippen LogP contribution >= 0.6 is 0 Å². The standard InChI is InChI=1S/C33H43N7O5/c1-21(2)30-31(42)35-22(3)32(43)40-17-7-9-27(38-40)33(44)45-23(4)26-13-12-25-11-10-24(20-28(25)36-26)8-5-6-16-39(19-15-34)18-14-29(41)37-30/h5,8,10-13,20-23,27,30,38H,6-7,9,14,16-19H2,1-4H3,(H,35,42)(H,37,41)/b8-5+/t22-,23+,27-,30-/m0/s1. The van der Waals surface area contributed by atoms with E-state index in [0.29, 0.717) is 44.6 Å². The molecule has 0 saturated carbocycles. The first-order chi connectivity index (χ1) is 21.5. The van der Waals surface area contributed by atoms with Crippen molar-refractivity contribution in [2.75, 3.05) is 26.2 Å². The third-order valence-electron chi connectivity index (χ3n) is 8.05. The van der Waals surface area contributed by atoms with Crippen LogP contribution < -0.4 is 16.1 Å². The summed E-state index contributed by atoms with van der Waals surface area (Å²) in [5, 5.41) is 17.1. The quantitative estimate of drug-likeness (QED) is 0.340. The van der Waals surface area contributed by atoms with E-state index in [4.69, 9.17) is 9.72 Å². The summed E-state index contributed by atoms with van der Waals surface area (Å²) in [6.07, 6.45) is 5.24. The number of rotatable bonds is 2. The maximum atomic E-state index is 13.3. The van der Waals surface area contributed by atoms with Crippen LogP contribution in [0.25, 0.3) is 17.0 Å². The smallest absolute Gasteiger partial charge is 0.325 e. The van der Waals surface area contributed by atoms with Gasteiger partial charge in [0.05, 0.1) is 23.8 Å². The van der Waals surface area contributed by atoms with Gasteiger partial charge in [0.25, 0.3) is 5.91 Å². The molecule has 3 heterocycles. The van der Waals surface area contributed by atoms with Crippen molar-refractivity contribution >= 4 is 40.7 Å². The Kier molecular flexibility index (Phi) is 11.6. The van der Waals surface area contributed by atoms with Crippen LogP contribution in [-0.2, 0) is 23.9 Å². The molecule has 5 bridgehead atoms. The predicted molar refractivity (Wildman–Crippen MR) is 169 cm³/mol. The minimum absolute atomic E-state index is 0.114. The number of benzene rings is 1. The van der Waals surface area contributed by atoms with Crippen LogP contribution in [0.5, 0.6) is 0 Å². The number of hydrazine groups is 1. The second kappa shape index (κ2) is 15.6. The Balaban J connectivity index is 1.58. The highest BCUT2D eigenvalue weighted by atomic mass is 16.5. The summed E-state index contributed by atoms with van der Waals surface area (Å²) in [6.45, 7) is 8.44. The van der Waals surface area contributed by atoms with E-state index in [-0.39, 0.29) is 24.8 Å². The lowest BCUT2D eigenvalue weighted by atomic mass is 10.0. The average Bonchev–Trinajstić information content (AvgIpc) is 3.02. The zero-order valence-electron chi connectivity index (χ0n) is 26.4. The minimum Gasteiger partial charge on any atom is -0.455 e. The molecule has 2 aliphatic heterocycles. The van der Waals surface area contributed by atoms with Crippen molar-refractivity contribution in [3.05, 3.63) is 47.7 Å². The molecule has 12 heteroatoms. The highest BCUT2D eigenvalue weighted by Crippen LogP contribution is 2.22. The summed E-state index contributed by atoms with van der Waals surface area (Å²) in [5.41, 5.74) is 5.31. The molecule has 3 N–H and O–H groups in total. The molecule has 0 aliphatic carbocycles. The van der Waals surface area contributed by atoms with Crippen LogP contribution in [0.3, 0.4) is 0 Å². The number of pyridine rings is 1. The monoisotopic (exact) mass is 617 g/mol. The largest absolute Gasteiger partial charge is 0.455 e. The highest BCUT2D eigenvalue weighted by Gasteiger charge is 2.34. The summed E-state index contributed by atoms with van der Waals surface area (Å²) < 4.78 is 5.78. The lowest BCUT2D eigenvalue weighted by molar-refractivity contribution is -0.157. The predicted octanol–water partition coefficient (Wildman–Crippen LogP) is 2.61. The van der Waals surface area contributed by atoms with E-state index in [0.717, 1.165) is 16.5 Å². The van der Waals surface area contributed by atoms with Gasteiger partial charge in [0.15, 0.2) is 0 Å². The molecule has 0 radical (unpaired) electrons. The van der Waals surface area contributed by atoms with Crippen molar-refractivity contribution in [3.63, 3.8) is 0 Å². The van der Waals surface area contributed by atoms with E-state index in [9.17, 15) is 24.4 Å². The summed E-state index contributed by atoms with van der Waals surface area (Å²) >= 11 is 0. The molecule has 12 nitrogen and oxygen atoms in total. The molecule has 1 aromatic carbocycles. The first kappa shape index (κ1) is 33.6. The number of carbonyl (C=O) groups is 4. The van der Waals surface area contributed by atoms with Gasteiger partial charge in [0, 0.05) is 31.4 Å². The lowest BCUT2D eigenvalue weighted by Gasteiger charge is -2.35. The van der Waals surface area contributed by atoms with Gasteiger partial charge in [-0.2, -0.15) is 5.26 Å². The van der Waals surface area contributed by atoms with Crippen molar-refractivity contribution in [3.8, 4) is 6.07 Å². The van der Waals surface area contributed by atoms with Gasteiger partial charge in [-0.3, -0.25) is 29.1 Å². The first-order valence-electron chi connectivity index (χ1n) is 15.6.